The first-order valence-corrected chi connectivity index (χ1v) is 13.5. The monoisotopic (exact) mass is 581 g/mol. The van der Waals surface area contributed by atoms with Crippen LogP contribution in [-0.4, -0.2) is 29.3 Å². The van der Waals surface area contributed by atoms with Gasteiger partial charge >= 0.3 is 12.4 Å². The van der Waals surface area contributed by atoms with E-state index in [4.69, 9.17) is 0 Å². The summed E-state index contributed by atoms with van der Waals surface area (Å²) in [6.45, 7) is 3.75. The molecule has 0 spiro atoms. The molecule has 3 rings (SSSR count). The lowest BCUT2D eigenvalue weighted by molar-refractivity contribution is -0.143. The van der Waals surface area contributed by atoms with Gasteiger partial charge in [0, 0.05) is 19.5 Å². The van der Waals surface area contributed by atoms with E-state index in [9.17, 15) is 41.2 Å². The molecular formula is C30H33F6N3O2. The van der Waals surface area contributed by atoms with E-state index in [0.29, 0.717) is 50.8 Å². The van der Waals surface area contributed by atoms with E-state index in [2.05, 4.69) is 11.4 Å². The number of halogens is 6. The zero-order valence-electron chi connectivity index (χ0n) is 22.9. The maximum atomic E-state index is 13.1. The zero-order valence-corrected chi connectivity index (χ0v) is 22.9. The van der Waals surface area contributed by atoms with E-state index >= 15 is 0 Å². The molecule has 5 nitrogen and oxygen atoms in total. The Hall–Kier alpha value is -3.55. The van der Waals surface area contributed by atoms with Crippen molar-refractivity contribution in [1.82, 2.24) is 10.2 Å². The topological polar surface area (TPSA) is 73.2 Å². The largest absolute Gasteiger partial charge is 0.416 e. The molecule has 1 heterocycles. The molecular weight excluding hydrogens is 548 g/mol. The molecule has 2 aromatic carbocycles. The molecule has 1 aliphatic rings. The number of rotatable bonds is 10. The first-order chi connectivity index (χ1) is 19.2. The molecule has 222 valence electrons. The number of hydrogen-bond acceptors (Lipinski definition) is 3. The van der Waals surface area contributed by atoms with Crippen LogP contribution in [0.2, 0.25) is 0 Å². The number of likely N-dealkylation sites (tertiary alicyclic amines) is 1. The zero-order chi connectivity index (χ0) is 30.4. The fourth-order valence-electron chi connectivity index (χ4n) is 5.34. The standard InChI is InChI=1S/C30H33F6N3O2/c1-20(2)28(19-37,22-9-4-3-5-10-22)13-7-6-12-26(40)39-14-8-11-25(39)27(41)38-18-21-15-23(29(31,32)33)17-24(16-21)30(34,35)36/h3-5,9-10,15-17,20,25H,6-8,11-14,18H2,1-2H3,(H,38,41)/t25-,28?/m1/s1. The van der Waals surface area contributed by atoms with E-state index in [1.54, 1.807) is 0 Å². The summed E-state index contributed by atoms with van der Waals surface area (Å²) in [5, 5.41) is 12.4. The maximum absolute atomic E-state index is 13.1. The van der Waals surface area contributed by atoms with Crippen molar-refractivity contribution in [2.24, 2.45) is 5.92 Å². The smallest absolute Gasteiger partial charge is 0.350 e. The minimum Gasteiger partial charge on any atom is -0.350 e. The molecule has 2 amide bonds. The van der Waals surface area contributed by atoms with Crippen molar-refractivity contribution in [3.8, 4) is 6.07 Å². The summed E-state index contributed by atoms with van der Waals surface area (Å²) < 4.78 is 78.9. The molecule has 0 radical (unpaired) electrons. The van der Waals surface area contributed by atoms with Gasteiger partial charge in [0.2, 0.25) is 11.8 Å². The van der Waals surface area contributed by atoms with Gasteiger partial charge in [-0.15, -0.1) is 0 Å². The van der Waals surface area contributed by atoms with Crippen LogP contribution in [0.5, 0.6) is 0 Å². The Morgan fingerprint density at radius 2 is 1.59 bits per heavy atom. The molecule has 1 N–H and O–H groups in total. The number of amides is 2. The van der Waals surface area contributed by atoms with Crippen LogP contribution in [0, 0.1) is 17.2 Å². The quantitative estimate of drug-likeness (QED) is 0.242. The SMILES string of the molecule is CC(C)C(C#N)(CCCCC(=O)N1CCC[C@@H]1C(=O)NCc1cc(C(F)(F)F)cc(C(F)(F)F)c1)c1ccccc1. The number of alkyl halides is 6. The highest BCUT2D eigenvalue weighted by atomic mass is 19.4. The summed E-state index contributed by atoms with van der Waals surface area (Å²) in [7, 11) is 0. The second-order valence-corrected chi connectivity index (χ2v) is 10.7. The lowest BCUT2D eigenvalue weighted by atomic mass is 9.69. The van der Waals surface area contributed by atoms with Gasteiger partial charge in [-0.2, -0.15) is 31.6 Å². The van der Waals surface area contributed by atoms with Gasteiger partial charge in [0.25, 0.3) is 0 Å². The highest BCUT2D eigenvalue weighted by Gasteiger charge is 2.38. The highest BCUT2D eigenvalue weighted by molar-refractivity contribution is 5.88. The molecule has 2 atom stereocenters. The van der Waals surface area contributed by atoms with E-state index in [-0.39, 0.29) is 29.9 Å². The third-order valence-corrected chi connectivity index (χ3v) is 7.68. The lowest BCUT2D eigenvalue weighted by Crippen LogP contribution is -2.45. The van der Waals surface area contributed by atoms with Crippen LogP contribution >= 0.6 is 0 Å². The Balaban J connectivity index is 1.59. The maximum Gasteiger partial charge on any atom is 0.416 e. The van der Waals surface area contributed by atoms with Crippen molar-refractivity contribution in [2.75, 3.05) is 6.54 Å². The molecule has 0 bridgehead atoms. The number of carbonyl (C=O) groups is 2. The average molecular weight is 582 g/mol. The van der Waals surface area contributed by atoms with Crippen LogP contribution in [0.3, 0.4) is 0 Å². The Kier molecular flexibility index (Phi) is 10.1. The predicted molar refractivity (Wildman–Crippen MR) is 140 cm³/mol. The third kappa shape index (κ3) is 7.80. The van der Waals surface area contributed by atoms with Crippen LogP contribution in [0.4, 0.5) is 26.3 Å². The predicted octanol–water partition coefficient (Wildman–Crippen LogP) is 7.01. The Morgan fingerprint density at radius 1 is 0.976 bits per heavy atom. The van der Waals surface area contributed by atoms with Crippen LogP contribution in [0.15, 0.2) is 48.5 Å². The number of unbranched alkanes of at least 4 members (excludes halogenated alkanes) is 1. The van der Waals surface area contributed by atoms with Gasteiger partial charge < -0.3 is 10.2 Å². The summed E-state index contributed by atoms with van der Waals surface area (Å²) in [6.07, 6.45) is -7.28. The summed E-state index contributed by atoms with van der Waals surface area (Å²) in [4.78, 5) is 27.2. The van der Waals surface area contributed by atoms with Gasteiger partial charge in [0.05, 0.1) is 22.6 Å². The van der Waals surface area contributed by atoms with E-state index in [0.717, 1.165) is 5.56 Å². The summed E-state index contributed by atoms with van der Waals surface area (Å²) in [5.41, 5.74) is -3.04. The van der Waals surface area contributed by atoms with Gasteiger partial charge in [-0.1, -0.05) is 50.6 Å². The highest BCUT2D eigenvalue weighted by Crippen LogP contribution is 2.38. The van der Waals surface area contributed by atoms with Crippen LogP contribution in [0.25, 0.3) is 0 Å². The first-order valence-electron chi connectivity index (χ1n) is 13.5. The van der Waals surface area contributed by atoms with Crippen molar-refractivity contribution in [2.45, 2.75) is 82.7 Å². The number of nitrogens with one attached hydrogen (secondary N) is 1. The molecule has 1 unspecified atom stereocenters. The molecule has 11 heteroatoms. The number of benzene rings is 2. The molecule has 2 aromatic rings. The second kappa shape index (κ2) is 13.0. The summed E-state index contributed by atoms with van der Waals surface area (Å²) >= 11 is 0. The minimum atomic E-state index is -4.99. The van der Waals surface area contributed by atoms with Crippen molar-refractivity contribution in [3.05, 3.63) is 70.8 Å². The molecule has 1 aliphatic heterocycles. The summed E-state index contributed by atoms with van der Waals surface area (Å²) in [5.74, 6) is -0.844. The van der Waals surface area contributed by atoms with Crippen molar-refractivity contribution < 1.29 is 35.9 Å². The fourth-order valence-corrected chi connectivity index (χ4v) is 5.34. The van der Waals surface area contributed by atoms with Gasteiger partial charge in [0.15, 0.2) is 0 Å². The second-order valence-electron chi connectivity index (χ2n) is 10.7. The van der Waals surface area contributed by atoms with Crippen molar-refractivity contribution in [3.63, 3.8) is 0 Å². The van der Waals surface area contributed by atoms with Crippen LogP contribution in [0.1, 0.15) is 74.6 Å². The number of nitrogens with zero attached hydrogens (tertiary/aromatic N) is 2. The molecule has 0 saturated carbocycles. The van der Waals surface area contributed by atoms with Gasteiger partial charge in [-0.3, -0.25) is 9.59 Å². The molecule has 0 aliphatic carbocycles. The Morgan fingerprint density at radius 3 is 2.12 bits per heavy atom. The first kappa shape index (κ1) is 32.0. The van der Waals surface area contributed by atoms with Gasteiger partial charge in [0.1, 0.15) is 6.04 Å². The van der Waals surface area contributed by atoms with Crippen LogP contribution < -0.4 is 5.32 Å². The molecule has 0 aromatic heterocycles. The van der Waals surface area contributed by atoms with E-state index in [1.807, 2.05) is 44.2 Å². The normalized spacial score (nSPS) is 17.3. The summed E-state index contributed by atoms with van der Waals surface area (Å²) in [6, 6.07) is 12.3. The van der Waals surface area contributed by atoms with Gasteiger partial charge in [-0.25, -0.2) is 0 Å². The lowest BCUT2D eigenvalue weighted by Gasteiger charge is -2.31. The van der Waals surface area contributed by atoms with E-state index in [1.165, 1.54) is 4.90 Å². The van der Waals surface area contributed by atoms with Gasteiger partial charge in [-0.05, 0) is 60.9 Å². The molecule has 1 fully saturated rings. The van der Waals surface area contributed by atoms with E-state index < -0.39 is 47.4 Å². The Labute approximate surface area is 235 Å². The van der Waals surface area contributed by atoms with Crippen molar-refractivity contribution >= 4 is 11.8 Å². The number of nitriles is 1. The Bertz CT molecular complexity index is 1220. The average Bonchev–Trinajstić information content (AvgIpc) is 3.41. The number of carbonyl (C=O) groups excluding carboxylic acids is 2. The minimum absolute atomic E-state index is 0.0321. The molecule has 1 saturated heterocycles. The van der Waals surface area contributed by atoms with Crippen molar-refractivity contribution in [1.29, 1.82) is 5.26 Å². The van der Waals surface area contributed by atoms with Crippen LogP contribution in [-0.2, 0) is 33.9 Å². The molecule has 41 heavy (non-hydrogen) atoms. The number of hydrogen-bond donors (Lipinski definition) is 1. The fraction of sp³-hybridized carbons (Fsp3) is 0.500. The third-order valence-electron chi connectivity index (χ3n) is 7.68.